The van der Waals surface area contributed by atoms with Gasteiger partial charge in [-0.05, 0) is 18.4 Å². The fraction of sp³-hybridized carbons (Fsp3) is 0.609. The molecule has 8 nitrogen and oxygen atoms in total. The highest BCUT2D eigenvalue weighted by molar-refractivity contribution is 5.91. The summed E-state index contributed by atoms with van der Waals surface area (Å²) in [5.41, 5.74) is 5.75. The van der Waals surface area contributed by atoms with Crippen molar-refractivity contribution in [2.75, 3.05) is 6.54 Å². The van der Waals surface area contributed by atoms with Gasteiger partial charge >= 0.3 is 5.97 Å². The molecule has 0 aromatic heterocycles. The summed E-state index contributed by atoms with van der Waals surface area (Å²) in [4.78, 5) is 34.2. The molecule has 170 valence electrons. The van der Waals surface area contributed by atoms with Gasteiger partial charge in [-0.3, -0.25) is 9.59 Å². The van der Waals surface area contributed by atoms with Crippen LogP contribution in [0.15, 0.2) is 36.0 Å². The third kappa shape index (κ3) is 5.43. The maximum atomic E-state index is 12.1. The first kappa shape index (κ1) is 23.2. The number of aliphatic carboxylic acids is 1. The Balaban J connectivity index is 1.55. The summed E-state index contributed by atoms with van der Waals surface area (Å²) in [5.74, 6) is -1.85. The van der Waals surface area contributed by atoms with Crippen LogP contribution in [0.2, 0.25) is 0 Å². The molecule has 2 heterocycles. The van der Waals surface area contributed by atoms with Crippen LogP contribution in [-0.4, -0.2) is 53.2 Å². The van der Waals surface area contributed by atoms with Crippen molar-refractivity contribution in [3.05, 3.63) is 36.0 Å². The minimum atomic E-state index is -1.20. The molecule has 0 aromatic carbocycles. The molecule has 5 atom stereocenters. The molecule has 8 heteroatoms. The van der Waals surface area contributed by atoms with Crippen molar-refractivity contribution in [2.45, 2.75) is 75.7 Å². The van der Waals surface area contributed by atoms with Gasteiger partial charge in [-0.25, -0.2) is 4.79 Å². The number of primary amides is 1. The number of nitrogens with one attached hydrogen (secondary N) is 2. The number of carboxylic acids is 1. The van der Waals surface area contributed by atoms with E-state index in [-0.39, 0.29) is 30.6 Å². The van der Waals surface area contributed by atoms with E-state index in [9.17, 15) is 19.5 Å². The van der Waals surface area contributed by atoms with E-state index in [1.54, 1.807) is 6.08 Å². The number of carbonyl (C=O) groups excluding carboxylic acids is 2. The lowest BCUT2D eigenvalue weighted by Gasteiger charge is -2.29. The van der Waals surface area contributed by atoms with Crippen molar-refractivity contribution in [1.82, 2.24) is 10.6 Å². The summed E-state index contributed by atoms with van der Waals surface area (Å²) >= 11 is 0. The van der Waals surface area contributed by atoms with Gasteiger partial charge in [0.25, 0.3) is 0 Å². The van der Waals surface area contributed by atoms with Crippen LogP contribution in [0, 0.1) is 5.92 Å². The molecule has 31 heavy (non-hydrogen) atoms. The van der Waals surface area contributed by atoms with Crippen LogP contribution in [0.3, 0.4) is 0 Å². The number of piperidine rings is 1. The van der Waals surface area contributed by atoms with Crippen LogP contribution in [0.4, 0.5) is 0 Å². The van der Waals surface area contributed by atoms with Crippen LogP contribution < -0.4 is 16.4 Å². The molecule has 0 bridgehead atoms. The Morgan fingerprint density at radius 2 is 2.19 bits per heavy atom. The Morgan fingerprint density at radius 3 is 2.90 bits per heavy atom. The number of epoxide rings is 1. The fourth-order valence-electron chi connectivity index (χ4n) is 4.64. The lowest BCUT2D eigenvalue weighted by Crippen LogP contribution is -2.49. The molecular formula is C23H33N3O5. The van der Waals surface area contributed by atoms with Crippen LogP contribution in [0.25, 0.3) is 0 Å². The Hall–Kier alpha value is -2.45. The van der Waals surface area contributed by atoms with E-state index in [1.165, 1.54) is 31.8 Å². The maximum absolute atomic E-state index is 12.1. The molecule has 4 unspecified atom stereocenters. The number of allylic oxidation sites excluding steroid dienone is 2. The Kier molecular flexibility index (Phi) is 7.67. The number of amides is 2. The van der Waals surface area contributed by atoms with Crippen molar-refractivity contribution in [3.63, 3.8) is 0 Å². The minimum absolute atomic E-state index is 0.0420. The summed E-state index contributed by atoms with van der Waals surface area (Å²) in [5, 5.41) is 15.2. The quantitative estimate of drug-likeness (QED) is 0.211. The summed E-state index contributed by atoms with van der Waals surface area (Å²) in [6.45, 7) is 3.17. The molecule has 2 saturated heterocycles. The van der Waals surface area contributed by atoms with E-state index < -0.39 is 23.8 Å². The second kappa shape index (κ2) is 10.2. The van der Waals surface area contributed by atoms with Crippen molar-refractivity contribution < 1.29 is 24.2 Å². The number of rotatable bonds is 12. The highest BCUT2D eigenvalue weighted by Crippen LogP contribution is 2.56. The van der Waals surface area contributed by atoms with E-state index in [0.29, 0.717) is 5.92 Å². The van der Waals surface area contributed by atoms with Gasteiger partial charge in [0.15, 0.2) is 0 Å². The second-order valence-corrected chi connectivity index (χ2v) is 8.57. The van der Waals surface area contributed by atoms with Gasteiger partial charge in [0.05, 0.1) is 12.1 Å². The topological polar surface area (TPSA) is 134 Å². The highest BCUT2D eigenvalue weighted by Gasteiger charge is 2.68. The number of nitrogens with two attached hydrogens (primary N) is 1. The molecule has 2 fully saturated rings. The van der Waals surface area contributed by atoms with Crippen molar-refractivity contribution in [1.29, 1.82) is 0 Å². The Labute approximate surface area is 183 Å². The molecule has 5 N–H and O–H groups in total. The molecule has 3 aliphatic rings. The highest BCUT2D eigenvalue weighted by atomic mass is 16.6. The van der Waals surface area contributed by atoms with Gasteiger partial charge in [0.1, 0.15) is 11.6 Å². The van der Waals surface area contributed by atoms with Crippen molar-refractivity contribution in [2.24, 2.45) is 11.7 Å². The maximum Gasteiger partial charge on any atom is 0.326 e. The third-order valence-electron chi connectivity index (χ3n) is 6.34. The van der Waals surface area contributed by atoms with Gasteiger partial charge in [-0.2, -0.15) is 0 Å². The zero-order valence-electron chi connectivity index (χ0n) is 18.0. The zero-order valence-corrected chi connectivity index (χ0v) is 18.0. The first-order valence-corrected chi connectivity index (χ1v) is 11.2. The van der Waals surface area contributed by atoms with Gasteiger partial charge in [0, 0.05) is 25.0 Å². The number of carboxylic acid groups (broad SMARTS) is 1. The summed E-state index contributed by atoms with van der Waals surface area (Å²) in [6, 6.07) is -0.998. The molecule has 0 saturated carbocycles. The number of unbranched alkanes of at least 4 members (excludes halogenated alkanes) is 3. The van der Waals surface area contributed by atoms with Crippen LogP contribution in [0.5, 0.6) is 0 Å². The molecule has 2 amide bonds. The smallest absolute Gasteiger partial charge is 0.326 e. The molecule has 0 radical (unpaired) electrons. The zero-order chi connectivity index (χ0) is 22.4. The third-order valence-corrected chi connectivity index (χ3v) is 6.34. The van der Waals surface area contributed by atoms with Crippen LogP contribution >= 0.6 is 0 Å². The van der Waals surface area contributed by atoms with Crippen LogP contribution in [-0.2, 0) is 19.1 Å². The predicted molar refractivity (Wildman–Crippen MR) is 116 cm³/mol. The molecule has 2 aliphatic heterocycles. The SMILES string of the molecule is CCCCCCC1CNC2C=CC(=CC=CC(=O)N[C@@H](CCC(N)=O)C(=O)O)C23OC13. The van der Waals surface area contributed by atoms with E-state index in [1.807, 2.05) is 12.2 Å². The van der Waals surface area contributed by atoms with Gasteiger partial charge < -0.3 is 26.2 Å². The van der Waals surface area contributed by atoms with Gasteiger partial charge in [-0.15, -0.1) is 0 Å². The lowest BCUT2D eigenvalue weighted by atomic mass is 9.81. The lowest BCUT2D eigenvalue weighted by molar-refractivity contribution is -0.141. The fourth-order valence-corrected chi connectivity index (χ4v) is 4.64. The average molecular weight is 432 g/mol. The molecule has 3 rings (SSSR count). The van der Waals surface area contributed by atoms with E-state index in [0.717, 1.165) is 18.5 Å². The number of ether oxygens (including phenoxy) is 1. The first-order valence-electron chi connectivity index (χ1n) is 11.2. The first-order chi connectivity index (χ1) is 14.9. The Bertz CT molecular complexity index is 790. The largest absolute Gasteiger partial charge is 0.480 e. The normalized spacial score (nSPS) is 30.7. The second-order valence-electron chi connectivity index (χ2n) is 8.57. The molecular weight excluding hydrogens is 398 g/mol. The molecule has 1 spiro atoms. The number of hydrogen-bond acceptors (Lipinski definition) is 5. The molecule has 0 aromatic rings. The molecule has 1 aliphatic carbocycles. The summed E-state index contributed by atoms with van der Waals surface area (Å²) in [7, 11) is 0. The van der Waals surface area contributed by atoms with Crippen LogP contribution in [0.1, 0.15) is 51.9 Å². The average Bonchev–Trinajstić information content (AvgIpc) is 3.39. The van der Waals surface area contributed by atoms with E-state index >= 15 is 0 Å². The monoisotopic (exact) mass is 431 g/mol. The van der Waals surface area contributed by atoms with E-state index in [4.69, 9.17) is 10.5 Å². The predicted octanol–water partition coefficient (Wildman–Crippen LogP) is 1.57. The van der Waals surface area contributed by atoms with Crippen molar-refractivity contribution in [3.8, 4) is 0 Å². The van der Waals surface area contributed by atoms with E-state index in [2.05, 4.69) is 23.6 Å². The van der Waals surface area contributed by atoms with Crippen molar-refractivity contribution >= 4 is 17.8 Å². The summed E-state index contributed by atoms with van der Waals surface area (Å²) in [6.07, 6.45) is 15.1. The number of hydrogen-bond donors (Lipinski definition) is 4. The summed E-state index contributed by atoms with van der Waals surface area (Å²) < 4.78 is 6.23. The number of carbonyl (C=O) groups is 3. The Morgan fingerprint density at radius 1 is 1.39 bits per heavy atom. The minimum Gasteiger partial charge on any atom is -0.480 e. The van der Waals surface area contributed by atoms with Gasteiger partial charge in [0.2, 0.25) is 11.8 Å². The standard InChI is InChI=1S/C23H33N3O5/c1-2-3-4-5-7-15-14-25-18-12-10-16(23(18)21(15)31-23)8-6-9-20(28)26-17(22(29)30)11-13-19(24)27/h6,8-10,12,15,17-18,21,25H,2-5,7,11,13-14H2,1H3,(H2,24,27)(H,26,28)(H,29,30)/t15?,17-,18?,21?,23?/m0/s1. The van der Waals surface area contributed by atoms with Gasteiger partial charge in [-0.1, -0.05) is 56.9 Å².